The first kappa shape index (κ1) is 29.1. The Hall–Kier alpha value is -3.62. The fourth-order valence-electron chi connectivity index (χ4n) is 7.30. The van der Waals surface area contributed by atoms with Crippen molar-refractivity contribution in [3.05, 3.63) is 110 Å². The van der Waals surface area contributed by atoms with Crippen molar-refractivity contribution in [1.82, 2.24) is 14.8 Å². The SMILES string of the molecule is C[C@@H](NC(=O)c1cc(C2CC2)c(=O)n(C2(CF)CC2)c1)c1ccc(C(=C2CC3(C2)CN(CCO)C3)c2ccc(F)cc2)cc1. The Morgan fingerprint density at radius 2 is 1.66 bits per heavy atom. The number of aliphatic hydroxyl groups is 1. The maximum Gasteiger partial charge on any atom is 0.254 e. The molecule has 2 aromatic carbocycles. The van der Waals surface area contributed by atoms with E-state index in [2.05, 4.69) is 22.3 Å². The van der Waals surface area contributed by atoms with Gasteiger partial charge in [0.25, 0.3) is 11.5 Å². The molecule has 3 aromatic rings. The van der Waals surface area contributed by atoms with Crippen LogP contribution in [0.2, 0.25) is 0 Å². The molecule has 0 bridgehead atoms. The van der Waals surface area contributed by atoms with Crippen LogP contribution in [-0.2, 0) is 5.54 Å². The van der Waals surface area contributed by atoms with Crippen molar-refractivity contribution in [3.63, 3.8) is 0 Å². The molecule has 0 radical (unpaired) electrons. The molecule has 7 rings (SSSR count). The number of rotatable bonds is 10. The minimum Gasteiger partial charge on any atom is -0.395 e. The molecule has 2 N–H and O–H groups in total. The number of nitrogens with zero attached hydrogens (tertiary/aromatic N) is 2. The van der Waals surface area contributed by atoms with E-state index in [0.717, 1.165) is 61.0 Å². The van der Waals surface area contributed by atoms with Gasteiger partial charge in [-0.1, -0.05) is 42.0 Å². The minimum absolute atomic E-state index is 0.153. The van der Waals surface area contributed by atoms with E-state index in [1.807, 2.05) is 31.2 Å². The van der Waals surface area contributed by atoms with Gasteiger partial charge in [0.1, 0.15) is 12.5 Å². The maximum atomic E-state index is 13.9. The number of halogens is 2. The number of nitrogens with one attached hydrogen (secondary N) is 1. The second kappa shape index (κ2) is 11.1. The van der Waals surface area contributed by atoms with Crippen molar-refractivity contribution in [2.75, 3.05) is 32.9 Å². The van der Waals surface area contributed by atoms with E-state index in [9.17, 15) is 23.5 Å². The van der Waals surface area contributed by atoms with Gasteiger partial charge in [-0.2, -0.15) is 0 Å². The van der Waals surface area contributed by atoms with Crippen molar-refractivity contribution in [1.29, 1.82) is 0 Å². The zero-order chi connectivity index (χ0) is 30.6. The average Bonchev–Trinajstić information content (AvgIpc) is 3.91. The highest BCUT2D eigenvalue weighted by Crippen LogP contribution is 2.54. The smallest absolute Gasteiger partial charge is 0.254 e. The Bertz CT molecular complexity index is 1650. The highest BCUT2D eigenvalue weighted by molar-refractivity contribution is 5.94. The lowest BCUT2D eigenvalue weighted by Gasteiger charge is -2.57. The van der Waals surface area contributed by atoms with Crippen LogP contribution in [0.4, 0.5) is 8.78 Å². The molecule has 4 aliphatic rings. The van der Waals surface area contributed by atoms with Crippen LogP contribution in [-0.4, -0.2) is 53.4 Å². The topological polar surface area (TPSA) is 74.6 Å². The molecule has 3 saturated carbocycles. The summed E-state index contributed by atoms with van der Waals surface area (Å²) in [6.07, 6.45) is 6.59. The van der Waals surface area contributed by atoms with E-state index < -0.39 is 12.2 Å². The van der Waals surface area contributed by atoms with Crippen LogP contribution in [0.25, 0.3) is 5.57 Å². The molecule has 1 atom stereocenters. The zero-order valence-electron chi connectivity index (χ0n) is 25.1. The number of aromatic nitrogens is 1. The summed E-state index contributed by atoms with van der Waals surface area (Å²) < 4.78 is 29.2. The number of carbonyl (C=O) groups excluding carboxylic acids is 1. The van der Waals surface area contributed by atoms with Gasteiger partial charge in [0.2, 0.25) is 0 Å². The van der Waals surface area contributed by atoms with Gasteiger partial charge in [-0.3, -0.25) is 14.5 Å². The third kappa shape index (κ3) is 5.32. The molecule has 230 valence electrons. The second-order valence-electron chi connectivity index (χ2n) is 13.6. The molecule has 44 heavy (non-hydrogen) atoms. The fourth-order valence-corrected chi connectivity index (χ4v) is 7.30. The Kier molecular flexibility index (Phi) is 7.33. The van der Waals surface area contributed by atoms with Crippen molar-refractivity contribution in [2.45, 2.75) is 62.9 Å². The number of allylic oxidation sites excluding steroid dienone is 1. The first-order valence-corrected chi connectivity index (χ1v) is 15.8. The predicted molar refractivity (Wildman–Crippen MR) is 166 cm³/mol. The van der Waals surface area contributed by atoms with E-state index in [4.69, 9.17) is 0 Å². The van der Waals surface area contributed by atoms with Crippen LogP contribution in [0, 0.1) is 11.2 Å². The van der Waals surface area contributed by atoms with Crippen LogP contribution >= 0.6 is 0 Å². The standard InChI is InChI=1S/C36H39F2N3O3/c1-23(39-33(43)28-16-31(25-4-5-25)34(44)41(19-28)36(20-37)12-13-36)24-2-6-26(7-3-24)32(27-8-10-30(38)11-9-27)29-17-35(18-29)21-40(22-35)14-15-42/h2-3,6-11,16,19,23,25,42H,4-5,12-15,17-18,20-22H2,1H3,(H,39,43)/t23-/m1/s1. The summed E-state index contributed by atoms with van der Waals surface area (Å²) in [7, 11) is 0. The molecule has 3 aliphatic carbocycles. The minimum atomic E-state index is -0.799. The Morgan fingerprint density at radius 1 is 1.02 bits per heavy atom. The summed E-state index contributed by atoms with van der Waals surface area (Å²) in [6.45, 7) is 4.21. The van der Waals surface area contributed by atoms with Crippen LogP contribution in [0.5, 0.6) is 0 Å². The molecule has 1 spiro atoms. The Morgan fingerprint density at radius 3 is 2.23 bits per heavy atom. The molecule has 1 aliphatic heterocycles. The highest BCUT2D eigenvalue weighted by atomic mass is 19.1. The summed E-state index contributed by atoms with van der Waals surface area (Å²) in [4.78, 5) is 28.8. The van der Waals surface area contributed by atoms with Gasteiger partial charge < -0.3 is 15.0 Å². The quantitative estimate of drug-likeness (QED) is 0.314. The summed E-state index contributed by atoms with van der Waals surface area (Å²) in [6, 6.07) is 16.2. The van der Waals surface area contributed by atoms with Gasteiger partial charge in [-0.05, 0) is 91.8 Å². The van der Waals surface area contributed by atoms with E-state index in [-0.39, 0.29) is 41.3 Å². The molecule has 4 fully saturated rings. The van der Waals surface area contributed by atoms with Gasteiger partial charge in [0, 0.05) is 36.8 Å². The number of β-amino-alcohol motifs (C(OH)–C–C–N with tert-alkyl or cyclic N) is 1. The van der Waals surface area contributed by atoms with Crippen LogP contribution in [0.1, 0.15) is 90.0 Å². The van der Waals surface area contributed by atoms with Gasteiger partial charge in [0.05, 0.1) is 23.8 Å². The summed E-state index contributed by atoms with van der Waals surface area (Å²) in [5.74, 6) is -0.393. The predicted octanol–water partition coefficient (Wildman–Crippen LogP) is 5.70. The third-order valence-electron chi connectivity index (χ3n) is 10.2. The second-order valence-corrected chi connectivity index (χ2v) is 13.6. The fraction of sp³-hybridized carbons (Fsp3) is 0.444. The number of aliphatic hydroxyl groups excluding tert-OH is 1. The molecule has 1 aromatic heterocycles. The molecular formula is C36H39F2N3O3. The summed E-state index contributed by atoms with van der Waals surface area (Å²) in [5, 5.41) is 12.3. The number of likely N-dealkylation sites (tertiary alicyclic amines) is 1. The summed E-state index contributed by atoms with van der Waals surface area (Å²) in [5.41, 5.74) is 5.80. The monoisotopic (exact) mass is 599 g/mol. The number of alkyl halides is 1. The van der Waals surface area contributed by atoms with E-state index in [1.54, 1.807) is 12.3 Å². The molecular weight excluding hydrogens is 560 g/mol. The lowest BCUT2D eigenvalue weighted by molar-refractivity contribution is -0.0366. The van der Waals surface area contributed by atoms with Crippen molar-refractivity contribution in [3.8, 4) is 0 Å². The van der Waals surface area contributed by atoms with Gasteiger partial charge in [-0.25, -0.2) is 8.78 Å². The lowest BCUT2D eigenvalue weighted by atomic mass is 9.59. The Balaban J connectivity index is 1.10. The van der Waals surface area contributed by atoms with Crippen LogP contribution in [0.15, 0.2) is 71.2 Å². The number of benzene rings is 2. The van der Waals surface area contributed by atoms with Gasteiger partial charge in [0.15, 0.2) is 0 Å². The lowest BCUT2D eigenvalue weighted by Crippen LogP contribution is -2.60. The first-order valence-electron chi connectivity index (χ1n) is 15.8. The number of carbonyl (C=O) groups is 1. The summed E-state index contributed by atoms with van der Waals surface area (Å²) >= 11 is 0. The molecule has 1 saturated heterocycles. The molecule has 0 unspecified atom stereocenters. The van der Waals surface area contributed by atoms with E-state index in [1.165, 1.54) is 22.3 Å². The average molecular weight is 600 g/mol. The van der Waals surface area contributed by atoms with Gasteiger partial charge in [-0.15, -0.1) is 0 Å². The normalized spacial score (nSPS) is 20.5. The maximum absolute atomic E-state index is 13.9. The number of hydrogen-bond donors (Lipinski definition) is 2. The first-order chi connectivity index (χ1) is 21.2. The molecule has 2 heterocycles. The largest absolute Gasteiger partial charge is 0.395 e. The number of hydrogen-bond acceptors (Lipinski definition) is 4. The molecule has 8 heteroatoms. The van der Waals surface area contributed by atoms with E-state index in [0.29, 0.717) is 30.5 Å². The van der Waals surface area contributed by atoms with Crippen molar-refractivity contribution >= 4 is 11.5 Å². The number of amides is 1. The number of pyridine rings is 1. The zero-order valence-corrected chi connectivity index (χ0v) is 25.1. The van der Waals surface area contributed by atoms with Crippen LogP contribution in [0.3, 0.4) is 0 Å². The van der Waals surface area contributed by atoms with Gasteiger partial charge >= 0.3 is 0 Å². The van der Waals surface area contributed by atoms with Crippen LogP contribution < -0.4 is 10.9 Å². The molecule has 6 nitrogen and oxygen atoms in total. The van der Waals surface area contributed by atoms with E-state index >= 15 is 0 Å². The van der Waals surface area contributed by atoms with Crippen molar-refractivity contribution < 1.29 is 18.7 Å². The Labute approximate surface area is 256 Å². The molecule has 1 amide bonds. The third-order valence-corrected chi connectivity index (χ3v) is 10.2. The highest BCUT2D eigenvalue weighted by Gasteiger charge is 2.50. The van der Waals surface area contributed by atoms with Crippen molar-refractivity contribution in [2.24, 2.45) is 5.41 Å².